The van der Waals surface area contributed by atoms with Crippen molar-refractivity contribution >= 4 is 39.2 Å². The molecule has 3 rings (SSSR count). The Balaban J connectivity index is 1.72. The molecular weight excluding hydrogens is 472 g/mol. The van der Waals surface area contributed by atoms with Crippen LogP contribution in [-0.2, 0) is 31.4 Å². The van der Waals surface area contributed by atoms with Gasteiger partial charge < -0.3 is 14.8 Å². The van der Waals surface area contributed by atoms with Gasteiger partial charge in [0.05, 0.1) is 18.3 Å². The number of benzene rings is 2. The van der Waals surface area contributed by atoms with Crippen molar-refractivity contribution in [1.29, 1.82) is 0 Å². The van der Waals surface area contributed by atoms with Gasteiger partial charge in [0.1, 0.15) is 17.2 Å². The molecule has 2 N–H and O–H groups in total. The zero-order chi connectivity index (χ0) is 24.0. The van der Waals surface area contributed by atoms with Crippen LogP contribution < -0.4 is 14.8 Å². The molecule has 0 bridgehead atoms. The van der Waals surface area contributed by atoms with Crippen molar-refractivity contribution in [1.82, 2.24) is 14.5 Å². The second-order valence-corrected chi connectivity index (χ2v) is 8.97. The summed E-state index contributed by atoms with van der Waals surface area (Å²) in [7, 11) is -0.949. The van der Waals surface area contributed by atoms with Crippen LogP contribution in [0.25, 0.3) is 0 Å². The van der Waals surface area contributed by atoms with Crippen LogP contribution in [0.15, 0.2) is 65.8 Å². The van der Waals surface area contributed by atoms with E-state index in [1.165, 1.54) is 24.1 Å². The lowest BCUT2D eigenvalue weighted by Gasteiger charge is -2.18. The number of anilines is 1. The highest BCUT2D eigenvalue weighted by Crippen LogP contribution is 2.28. The number of rotatable bonds is 9. The summed E-state index contributed by atoms with van der Waals surface area (Å²) < 4.78 is 38.4. The number of halogens is 1. The van der Waals surface area contributed by atoms with E-state index in [-0.39, 0.29) is 9.92 Å². The first-order chi connectivity index (χ1) is 15.7. The average molecular weight is 493 g/mol. The monoisotopic (exact) mass is 492 g/mol. The van der Waals surface area contributed by atoms with E-state index >= 15 is 0 Å². The number of hydrogen-bond donors (Lipinski definition) is 2. The summed E-state index contributed by atoms with van der Waals surface area (Å²) in [5, 5.41) is 6.71. The number of aryl methyl sites for hydroxylation is 1. The normalized spacial score (nSPS) is 12.1. The van der Waals surface area contributed by atoms with Crippen LogP contribution in [0.1, 0.15) is 11.7 Å². The minimum Gasteiger partial charge on any atom is -0.495 e. The van der Waals surface area contributed by atoms with E-state index in [4.69, 9.17) is 21.1 Å². The quantitative estimate of drug-likeness (QED) is 0.438. The number of carbonyl (C=O) groups excluding carboxylic acids is 2. The van der Waals surface area contributed by atoms with Gasteiger partial charge in [-0.3, -0.25) is 14.3 Å². The van der Waals surface area contributed by atoms with Gasteiger partial charge in [0.2, 0.25) is 16.1 Å². The van der Waals surface area contributed by atoms with Gasteiger partial charge in [-0.15, -0.1) is 0 Å². The van der Waals surface area contributed by atoms with E-state index in [9.17, 15) is 18.0 Å². The highest BCUT2D eigenvalue weighted by atomic mass is 35.5. The Morgan fingerprint density at radius 3 is 2.52 bits per heavy atom. The molecule has 1 unspecified atom stereocenters. The zero-order valence-corrected chi connectivity index (χ0v) is 19.3. The minimum atomic E-state index is -3.98. The highest BCUT2D eigenvalue weighted by Gasteiger charge is 2.26. The van der Waals surface area contributed by atoms with Crippen LogP contribution in [0.3, 0.4) is 0 Å². The topological polar surface area (TPSA) is 129 Å². The Bertz CT molecular complexity index is 1250. The molecule has 12 heteroatoms. The third-order valence-electron chi connectivity index (χ3n) is 4.41. The maximum Gasteiger partial charge on any atom is 0.322 e. The second kappa shape index (κ2) is 10.5. The lowest BCUT2D eigenvalue weighted by Crippen LogP contribution is -2.33. The van der Waals surface area contributed by atoms with Crippen LogP contribution in [0.2, 0.25) is 5.02 Å². The van der Waals surface area contributed by atoms with E-state index in [0.717, 1.165) is 6.20 Å². The molecule has 2 aromatic carbocycles. The second-order valence-electron chi connectivity index (χ2n) is 6.79. The van der Waals surface area contributed by atoms with E-state index < -0.39 is 34.5 Å². The van der Waals surface area contributed by atoms with Crippen molar-refractivity contribution in [2.75, 3.05) is 19.0 Å². The lowest BCUT2D eigenvalue weighted by molar-refractivity contribution is -0.153. The fraction of sp³-hybridized carbons (Fsp3) is 0.190. The van der Waals surface area contributed by atoms with Gasteiger partial charge >= 0.3 is 5.97 Å². The molecule has 1 amide bonds. The van der Waals surface area contributed by atoms with Crippen molar-refractivity contribution in [2.45, 2.75) is 11.0 Å². The van der Waals surface area contributed by atoms with Gasteiger partial charge in [-0.25, -0.2) is 8.42 Å². The summed E-state index contributed by atoms with van der Waals surface area (Å²) in [6.07, 6.45) is 1.10. The molecule has 0 aliphatic carbocycles. The van der Waals surface area contributed by atoms with Crippen LogP contribution in [0.4, 0.5) is 5.69 Å². The predicted octanol–water partition coefficient (Wildman–Crippen LogP) is 2.28. The number of hydrogen-bond acceptors (Lipinski definition) is 7. The first-order valence-electron chi connectivity index (χ1n) is 9.57. The Morgan fingerprint density at radius 1 is 1.18 bits per heavy atom. The van der Waals surface area contributed by atoms with Gasteiger partial charge in [-0.1, -0.05) is 41.9 Å². The predicted molar refractivity (Wildman–Crippen MR) is 120 cm³/mol. The Labute approximate surface area is 195 Å². The molecule has 0 saturated carbocycles. The number of carbonyl (C=O) groups is 2. The van der Waals surface area contributed by atoms with Gasteiger partial charge in [0.25, 0.3) is 5.91 Å². The van der Waals surface area contributed by atoms with E-state index in [2.05, 4.69) is 15.1 Å². The Kier molecular flexibility index (Phi) is 7.69. The molecule has 0 radical (unpaired) electrons. The van der Waals surface area contributed by atoms with Crippen molar-refractivity contribution in [3.8, 4) is 5.75 Å². The van der Waals surface area contributed by atoms with Crippen LogP contribution in [0, 0.1) is 0 Å². The third kappa shape index (κ3) is 6.31. The zero-order valence-electron chi connectivity index (χ0n) is 17.7. The largest absolute Gasteiger partial charge is 0.495 e. The number of nitrogens with one attached hydrogen (secondary N) is 2. The summed E-state index contributed by atoms with van der Waals surface area (Å²) in [4.78, 5) is 25.2. The SMILES string of the molecule is COc1ccc(NC(=O)C(OC(=O)CNS(=O)(=O)c2cnn(C)c2)c2ccccc2)cc1Cl. The fourth-order valence-electron chi connectivity index (χ4n) is 2.80. The molecule has 0 aliphatic rings. The highest BCUT2D eigenvalue weighted by molar-refractivity contribution is 7.89. The first kappa shape index (κ1) is 24.2. The van der Waals surface area contributed by atoms with Crippen LogP contribution in [0.5, 0.6) is 5.75 Å². The van der Waals surface area contributed by atoms with Gasteiger partial charge in [-0.2, -0.15) is 9.82 Å². The molecule has 1 aromatic heterocycles. The molecule has 174 valence electrons. The van der Waals surface area contributed by atoms with Crippen molar-refractivity contribution in [3.63, 3.8) is 0 Å². The summed E-state index contributed by atoms with van der Waals surface area (Å²) in [5.74, 6) is -1.16. The smallest absolute Gasteiger partial charge is 0.322 e. The number of amides is 1. The maximum absolute atomic E-state index is 12.9. The van der Waals surface area contributed by atoms with E-state index in [1.54, 1.807) is 49.5 Å². The van der Waals surface area contributed by atoms with Gasteiger partial charge in [0, 0.05) is 24.5 Å². The number of aromatic nitrogens is 2. The standard InChI is InChI=1S/C21H21ClN4O6S/c1-26-13-16(11-23-26)33(29,30)24-12-19(27)32-20(14-6-4-3-5-7-14)21(28)25-15-8-9-18(31-2)17(22)10-15/h3-11,13,20,24H,12H2,1-2H3,(H,25,28). The first-order valence-corrected chi connectivity index (χ1v) is 11.4. The summed E-state index contributed by atoms with van der Waals surface area (Å²) >= 11 is 6.10. The Hall–Kier alpha value is -3.41. The van der Waals surface area contributed by atoms with Crippen molar-refractivity contribution in [3.05, 3.63) is 71.5 Å². The van der Waals surface area contributed by atoms with E-state index in [1.807, 2.05) is 0 Å². The molecule has 10 nitrogen and oxygen atoms in total. The summed E-state index contributed by atoms with van der Waals surface area (Å²) in [6, 6.07) is 13.0. The van der Waals surface area contributed by atoms with E-state index in [0.29, 0.717) is 17.0 Å². The maximum atomic E-state index is 12.9. The molecule has 33 heavy (non-hydrogen) atoms. The molecule has 0 spiro atoms. The molecule has 0 saturated heterocycles. The Morgan fingerprint density at radius 2 is 1.91 bits per heavy atom. The molecule has 1 heterocycles. The van der Waals surface area contributed by atoms with Crippen LogP contribution >= 0.6 is 11.6 Å². The van der Waals surface area contributed by atoms with Crippen molar-refractivity contribution < 1.29 is 27.5 Å². The number of nitrogens with zero attached hydrogens (tertiary/aromatic N) is 2. The van der Waals surface area contributed by atoms with Gasteiger partial charge in [0.15, 0.2) is 0 Å². The third-order valence-corrected chi connectivity index (χ3v) is 6.06. The molecule has 0 fully saturated rings. The molecule has 1 atom stereocenters. The minimum absolute atomic E-state index is 0.105. The summed E-state index contributed by atoms with van der Waals surface area (Å²) in [5.41, 5.74) is 0.762. The van der Waals surface area contributed by atoms with Crippen LogP contribution in [-0.4, -0.2) is 43.7 Å². The molecule has 3 aromatic rings. The lowest BCUT2D eigenvalue weighted by atomic mass is 10.1. The summed E-state index contributed by atoms with van der Waals surface area (Å²) in [6.45, 7) is -0.678. The number of sulfonamides is 1. The van der Waals surface area contributed by atoms with Crippen molar-refractivity contribution in [2.24, 2.45) is 7.05 Å². The molecular formula is C21H21ClN4O6S. The average Bonchev–Trinajstić information content (AvgIpc) is 3.24. The fourth-order valence-corrected chi connectivity index (χ4v) is 4.01. The molecule has 0 aliphatic heterocycles. The van der Waals surface area contributed by atoms with Gasteiger partial charge in [-0.05, 0) is 18.2 Å². The number of methoxy groups -OCH3 is 1. The number of esters is 1. The number of ether oxygens (including phenoxy) is 2.